The maximum absolute atomic E-state index is 5.89. The Morgan fingerprint density at radius 3 is 1.80 bits per heavy atom. The summed E-state index contributed by atoms with van der Waals surface area (Å²) in [6, 6.07) is 0. The van der Waals surface area contributed by atoms with E-state index in [1.54, 1.807) is 0 Å². The predicted molar refractivity (Wildman–Crippen MR) is 38.9 cm³/mol. The summed E-state index contributed by atoms with van der Waals surface area (Å²) < 4.78 is 5.89. The lowest BCUT2D eigenvalue weighted by atomic mass is 9.82. The maximum atomic E-state index is 5.89. The van der Waals surface area contributed by atoms with Crippen LogP contribution in [0.25, 0.3) is 0 Å². The van der Waals surface area contributed by atoms with Gasteiger partial charge in [0.1, 0.15) is 0 Å². The molecule has 3 aliphatic rings. The molecule has 0 N–H and O–H groups in total. The van der Waals surface area contributed by atoms with E-state index in [0.717, 1.165) is 0 Å². The third kappa shape index (κ3) is 0.430. The van der Waals surface area contributed by atoms with Crippen LogP contribution in [0.2, 0.25) is 0 Å². The Balaban J connectivity index is 1.95. The summed E-state index contributed by atoms with van der Waals surface area (Å²) in [5.41, 5.74) is 0.872. The van der Waals surface area contributed by atoms with E-state index in [-0.39, 0.29) is 0 Å². The first-order valence-corrected chi connectivity index (χ1v) is 4.57. The molecule has 3 fully saturated rings. The molecule has 10 heavy (non-hydrogen) atoms. The van der Waals surface area contributed by atoms with Gasteiger partial charge in [-0.3, -0.25) is 0 Å². The van der Waals surface area contributed by atoms with E-state index >= 15 is 0 Å². The molecular weight excluding hydrogens is 124 g/mol. The summed E-state index contributed by atoms with van der Waals surface area (Å²) in [5.74, 6) is 0. The fraction of sp³-hybridized carbons (Fsp3) is 1.00. The van der Waals surface area contributed by atoms with E-state index in [2.05, 4.69) is 0 Å². The van der Waals surface area contributed by atoms with Crippen LogP contribution in [0.4, 0.5) is 0 Å². The minimum Gasteiger partial charge on any atom is -0.363 e. The van der Waals surface area contributed by atoms with E-state index in [9.17, 15) is 0 Å². The van der Waals surface area contributed by atoms with Crippen LogP contribution in [0.1, 0.15) is 44.9 Å². The predicted octanol–water partition coefficient (Wildman–Crippen LogP) is 2.25. The molecule has 0 amide bonds. The zero-order valence-corrected chi connectivity index (χ0v) is 6.36. The monoisotopic (exact) mass is 138 g/mol. The third-order valence-corrected chi connectivity index (χ3v) is 3.75. The SMILES string of the molecule is C1CC[C@@]23CCC[C@@]2(C1)O3. The lowest BCUT2D eigenvalue weighted by Crippen LogP contribution is -2.23. The van der Waals surface area contributed by atoms with Gasteiger partial charge in [0.15, 0.2) is 0 Å². The van der Waals surface area contributed by atoms with Gasteiger partial charge in [-0.05, 0) is 32.1 Å². The number of hydrogen-bond donors (Lipinski definition) is 0. The van der Waals surface area contributed by atoms with Crippen LogP contribution >= 0.6 is 0 Å². The Bertz CT molecular complexity index is 152. The van der Waals surface area contributed by atoms with Crippen molar-refractivity contribution in [2.24, 2.45) is 0 Å². The zero-order chi connectivity index (χ0) is 6.66. The Morgan fingerprint density at radius 1 is 0.700 bits per heavy atom. The van der Waals surface area contributed by atoms with Gasteiger partial charge in [-0.2, -0.15) is 0 Å². The molecule has 0 bridgehead atoms. The van der Waals surface area contributed by atoms with E-state index < -0.39 is 0 Å². The zero-order valence-electron chi connectivity index (χ0n) is 6.36. The van der Waals surface area contributed by atoms with E-state index in [4.69, 9.17) is 4.74 Å². The van der Waals surface area contributed by atoms with E-state index in [1.165, 1.54) is 44.9 Å². The molecule has 0 aromatic heterocycles. The number of ether oxygens (including phenoxy) is 1. The third-order valence-electron chi connectivity index (χ3n) is 3.75. The quantitative estimate of drug-likeness (QED) is 0.468. The highest BCUT2D eigenvalue weighted by atomic mass is 16.6. The molecule has 1 heteroatoms. The topological polar surface area (TPSA) is 12.5 Å². The molecule has 0 aromatic rings. The summed E-state index contributed by atoms with van der Waals surface area (Å²) in [4.78, 5) is 0. The van der Waals surface area contributed by atoms with Crippen LogP contribution in [0, 0.1) is 0 Å². The van der Waals surface area contributed by atoms with Crippen LogP contribution in [-0.2, 0) is 4.74 Å². The molecule has 1 nitrogen and oxygen atoms in total. The maximum Gasteiger partial charge on any atom is 0.0980 e. The normalized spacial score (nSPS) is 57.6. The highest BCUT2D eigenvalue weighted by Crippen LogP contribution is 2.66. The van der Waals surface area contributed by atoms with Gasteiger partial charge in [0.2, 0.25) is 0 Å². The van der Waals surface area contributed by atoms with Gasteiger partial charge in [0.25, 0.3) is 0 Å². The van der Waals surface area contributed by atoms with Gasteiger partial charge in [-0.15, -0.1) is 0 Å². The number of rotatable bonds is 0. The first kappa shape index (κ1) is 5.59. The molecular formula is C9H14O. The second-order valence-corrected chi connectivity index (χ2v) is 4.15. The Labute approximate surface area is 61.8 Å². The summed E-state index contributed by atoms with van der Waals surface area (Å²) in [6.45, 7) is 0. The average molecular weight is 138 g/mol. The molecule has 56 valence electrons. The molecule has 0 radical (unpaired) electrons. The first-order chi connectivity index (χ1) is 4.87. The van der Waals surface area contributed by atoms with Crippen molar-refractivity contribution >= 4 is 0 Å². The van der Waals surface area contributed by atoms with Crippen LogP contribution < -0.4 is 0 Å². The molecule has 2 saturated carbocycles. The Hall–Kier alpha value is -0.0400. The van der Waals surface area contributed by atoms with Gasteiger partial charge >= 0.3 is 0 Å². The minimum absolute atomic E-state index is 0.436. The van der Waals surface area contributed by atoms with Crippen molar-refractivity contribution < 1.29 is 4.74 Å². The molecule has 1 saturated heterocycles. The molecule has 2 atom stereocenters. The van der Waals surface area contributed by atoms with Gasteiger partial charge < -0.3 is 4.74 Å². The smallest absolute Gasteiger partial charge is 0.0980 e. The number of epoxide rings is 1. The van der Waals surface area contributed by atoms with Crippen molar-refractivity contribution in [3.05, 3.63) is 0 Å². The Kier molecular flexibility index (Phi) is 0.797. The molecule has 1 aliphatic heterocycles. The van der Waals surface area contributed by atoms with Crippen molar-refractivity contribution in [2.75, 3.05) is 0 Å². The number of hydrogen-bond acceptors (Lipinski definition) is 1. The van der Waals surface area contributed by atoms with Crippen molar-refractivity contribution in [3.63, 3.8) is 0 Å². The van der Waals surface area contributed by atoms with Crippen molar-refractivity contribution in [1.82, 2.24) is 0 Å². The molecule has 1 heterocycles. The summed E-state index contributed by atoms with van der Waals surface area (Å²) in [5, 5.41) is 0. The van der Waals surface area contributed by atoms with Gasteiger partial charge in [-0.25, -0.2) is 0 Å². The molecule has 2 aliphatic carbocycles. The highest BCUT2D eigenvalue weighted by Gasteiger charge is 2.71. The second kappa shape index (κ2) is 1.42. The van der Waals surface area contributed by atoms with E-state index in [1.807, 2.05) is 0 Å². The van der Waals surface area contributed by atoms with Crippen LogP contribution in [0.5, 0.6) is 0 Å². The summed E-state index contributed by atoms with van der Waals surface area (Å²) >= 11 is 0. The van der Waals surface area contributed by atoms with Crippen molar-refractivity contribution in [1.29, 1.82) is 0 Å². The molecule has 0 unspecified atom stereocenters. The fourth-order valence-electron chi connectivity index (χ4n) is 3.19. The largest absolute Gasteiger partial charge is 0.363 e. The average Bonchev–Trinajstić information content (AvgIpc) is 2.47. The van der Waals surface area contributed by atoms with Crippen LogP contribution in [0.15, 0.2) is 0 Å². The van der Waals surface area contributed by atoms with Crippen LogP contribution in [0.3, 0.4) is 0 Å². The van der Waals surface area contributed by atoms with Gasteiger partial charge in [0.05, 0.1) is 11.2 Å². The van der Waals surface area contributed by atoms with E-state index in [0.29, 0.717) is 11.2 Å². The van der Waals surface area contributed by atoms with Gasteiger partial charge in [-0.1, -0.05) is 12.8 Å². The first-order valence-electron chi connectivity index (χ1n) is 4.57. The van der Waals surface area contributed by atoms with Crippen molar-refractivity contribution in [3.8, 4) is 0 Å². The minimum atomic E-state index is 0.436. The molecule has 3 rings (SSSR count). The highest BCUT2D eigenvalue weighted by molar-refractivity contribution is 5.21. The Morgan fingerprint density at radius 2 is 1.20 bits per heavy atom. The standard InChI is InChI=1S/C9H14O/c1-2-5-9-7-3-6-8(9,4-1)10-9/h1-7H2/t8-,9-/m1/s1. The van der Waals surface area contributed by atoms with Gasteiger partial charge in [0, 0.05) is 0 Å². The fourth-order valence-corrected chi connectivity index (χ4v) is 3.19. The van der Waals surface area contributed by atoms with Crippen molar-refractivity contribution in [2.45, 2.75) is 56.1 Å². The summed E-state index contributed by atoms with van der Waals surface area (Å²) in [7, 11) is 0. The lowest BCUT2D eigenvalue weighted by molar-refractivity contribution is 0.217. The molecule has 0 aromatic carbocycles. The summed E-state index contributed by atoms with van der Waals surface area (Å²) in [6.07, 6.45) is 9.74. The lowest BCUT2D eigenvalue weighted by Gasteiger charge is -2.17. The molecule has 0 spiro atoms. The van der Waals surface area contributed by atoms with Crippen LogP contribution in [-0.4, -0.2) is 11.2 Å². The second-order valence-electron chi connectivity index (χ2n) is 4.15.